The Morgan fingerprint density at radius 3 is 3.24 bits per heavy atom. The normalized spacial score (nSPS) is 18.4. The zero-order chi connectivity index (χ0) is 14.5. The molecule has 1 amide bonds. The van der Waals surface area contributed by atoms with Crippen molar-refractivity contribution in [3.63, 3.8) is 0 Å². The molecule has 1 aromatic heterocycles. The number of anilines is 1. The van der Waals surface area contributed by atoms with Crippen LogP contribution in [0.4, 0.5) is 5.69 Å². The van der Waals surface area contributed by atoms with E-state index in [1.165, 1.54) is 0 Å². The topological polar surface area (TPSA) is 59.0 Å². The van der Waals surface area contributed by atoms with Gasteiger partial charge in [-0.05, 0) is 18.2 Å². The second-order valence-electron chi connectivity index (χ2n) is 5.00. The van der Waals surface area contributed by atoms with Gasteiger partial charge in [-0.25, -0.2) is 4.98 Å². The number of carbonyl (C=O) groups excluding carboxylic acids is 1. The number of rotatable bonds is 4. The Morgan fingerprint density at radius 1 is 1.52 bits per heavy atom. The van der Waals surface area contributed by atoms with Crippen LogP contribution >= 0.6 is 11.8 Å². The molecule has 0 bridgehead atoms. The van der Waals surface area contributed by atoms with Gasteiger partial charge in [-0.15, -0.1) is 0 Å². The minimum Gasteiger partial charge on any atom is -0.326 e. The van der Waals surface area contributed by atoms with Crippen molar-refractivity contribution in [1.82, 2.24) is 14.9 Å². The number of hydrogen-bond donors (Lipinski definition) is 2. The average molecular weight is 302 g/mol. The molecule has 1 aromatic carbocycles. The second kappa shape index (κ2) is 6.78. The van der Waals surface area contributed by atoms with E-state index in [0.717, 1.165) is 29.4 Å². The molecule has 0 spiro atoms. The lowest BCUT2D eigenvalue weighted by Gasteiger charge is -2.22. The van der Waals surface area contributed by atoms with E-state index in [0.29, 0.717) is 6.42 Å². The van der Waals surface area contributed by atoms with E-state index < -0.39 is 0 Å². The molecule has 1 aliphatic rings. The summed E-state index contributed by atoms with van der Waals surface area (Å²) in [6, 6.07) is 8.04. The Labute approximate surface area is 128 Å². The summed E-state index contributed by atoms with van der Waals surface area (Å²) in [4.78, 5) is 16.1. The number of nitrogens with zero attached hydrogens (tertiary/aromatic N) is 2. The zero-order valence-electron chi connectivity index (χ0n) is 11.7. The lowest BCUT2D eigenvalue weighted by atomic mass is 10.2. The maximum atomic E-state index is 12.1. The van der Waals surface area contributed by atoms with E-state index in [2.05, 4.69) is 15.6 Å². The molecule has 2 aromatic rings. The number of hydrogen-bond acceptors (Lipinski definition) is 4. The Morgan fingerprint density at radius 2 is 2.48 bits per heavy atom. The number of nitrogens with one attached hydrogen (secondary N) is 2. The fourth-order valence-electron chi connectivity index (χ4n) is 2.34. The van der Waals surface area contributed by atoms with Gasteiger partial charge in [0.2, 0.25) is 5.91 Å². The van der Waals surface area contributed by atoms with Crippen molar-refractivity contribution in [2.24, 2.45) is 0 Å². The largest absolute Gasteiger partial charge is 0.326 e. The lowest BCUT2D eigenvalue weighted by molar-refractivity contribution is -0.116. The molecule has 5 nitrogen and oxygen atoms in total. The predicted octanol–water partition coefficient (Wildman–Crippen LogP) is 1.91. The minimum absolute atomic E-state index is 0.0535. The molecule has 0 aliphatic carbocycles. The van der Waals surface area contributed by atoms with Crippen LogP contribution in [-0.4, -0.2) is 39.6 Å². The van der Waals surface area contributed by atoms with Crippen LogP contribution < -0.4 is 10.6 Å². The monoisotopic (exact) mass is 302 g/mol. The van der Waals surface area contributed by atoms with E-state index in [1.54, 1.807) is 12.5 Å². The van der Waals surface area contributed by atoms with E-state index in [4.69, 9.17) is 0 Å². The summed E-state index contributed by atoms with van der Waals surface area (Å²) in [5.74, 6) is 2.19. The standard InChI is InChI=1S/C15H18N4OS/c20-15(9-13-10-21-7-5-17-13)18-12-2-1-3-14(8-12)19-6-4-16-11-19/h1-4,6,8,11,13,17H,5,7,9-10H2,(H,18,20). The van der Waals surface area contributed by atoms with E-state index in [1.807, 2.05) is 46.8 Å². The summed E-state index contributed by atoms with van der Waals surface area (Å²) >= 11 is 1.90. The summed E-state index contributed by atoms with van der Waals surface area (Å²) in [6.07, 6.45) is 5.87. The Bertz CT molecular complexity index is 593. The number of imidazole rings is 1. The third kappa shape index (κ3) is 3.86. The van der Waals surface area contributed by atoms with E-state index in [-0.39, 0.29) is 11.9 Å². The van der Waals surface area contributed by atoms with Gasteiger partial charge in [0.1, 0.15) is 0 Å². The highest BCUT2D eigenvalue weighted by Gasteiger charge is 2.16. The molecule has 1 unspecified atom stereocenters. The molecule has 2 heterocycles. The van der Waals surface area contributed by atoms with Crippen LogP contribution in [0.15, 0.2) is 43.0 Å². The first-order valence-electron chi connectivity index (χ1n) is 7.00. The van der Waals surface area contributed by atoms with Crippen molar-refractivity contribution < 1.29 is 4.79 Å². The summed E-state index contributed by atoms with van der Waals surface area (Å²) in [6.45, 7) is 0.985. The highest BCUT2D eigenvalue weighted by atomic mass is 32.2. The average Bonchev–Trinajstić information content (AvgIpc) is 3.02. The molecule has 1 atom stereocenters. The summed E-state index contributed by atoms with van der Waals surface area (Å²) in [5.41, 5.74) is 1.80. The van der Waals surface area contributed by atoms with Crippen LogP contribution in [0.25, 0.3) is 5.69 Å². The van der Waals surface area contributed by atoms with Crippen molar-refractivity contribution in [1.29, 1.82) is 0 Å². The number of aromatic nitrogens is 2. The van der Waals surface area contributed by atoms with Gasteiger partial charge < -0.3 is 15.2 Å². The molecule has 2 N–H and O–H groups in total. The third-order valence-corrected chi connectivity index (χ3v) is 4.49. The Kier molecular flexibility index (Phi) is 4.57. The maximum Gasteiger partial charge on any atom is 0.225 e. The molecular formula is C15H18N4OS. The van der Waals surface area contributed by atoms with Crippen molar-refractivity contribution in [3.05, 3.63) is 43.0 Å². The van der Waals surface area contributed by atoms with Crippen molar-refractivity contribution >= 4 is 23.4 Å². The van der Waals surface area contributed by atoms with Crippen molar-refractivity contribution in [3.8, 4) is 5.69 Å². The van der Waals surface area contributed by atoms with Gasteiger partial charge in [-0.2, -0.15) is 11.8 Å². The fraction of sp³-hybridized carbons (Fsp3) is 0.333. The molecular weight excluding hydrogens is 284 g/mol. The summed E-state index contributed by atoms with van der Waals surface area (Å²) in [5, 5.41) is 6.35. The van der Waals surface area contributed by atoms with E-state index >= 15 is 0 Å². The lowest BCUT2D eigenvalue weighted by Crippen LogP contribution is -2.39. The van der Waals surface area contributed by atoms with Crippen LogP contribution in [0.1, 0.15) is 6.42 Å². The maximum absolute atomic E-state index is 12.1. The fourth-order valence-corrected chi connectivity index (χ4v) is 3.29. The summed E-state index contributed by atoms with van der Waals surface area (Å²) in [7, 11) is 0. The molecule has 3 rings (SSSR count). The molecule has 0 saturated carbocycles. The van der Waals surface area contributed by atoms with Crippen LogP contribution in [0, 0.1) is 0 Å². The van der Waals surface area contributed by atoms with E-state index in [9.17, 15) is 4.79 Å². The Hall–Kier alpha value is -1.79. The highest BCUT2D eigenvalue weighted by Crippen LogP contribution is 2.16. The number of thioether (sulfide) groups is 1. The smallest absolute Gasteiger partial charge is 0.225 e. The van der Waals surface area contributed by atoms with Crippen molar-refractivity contribution in [2.75, 3.05) is 23.4 Å². The zero-order valence-corrected chi connectivity index (χ0v) is 12.5. The Balaban J connectivity index is 1.62. The molecule has 6 heteroatoms. The van der Waals surface area contributed by atoms with Crippen LogP contribution in [0.5, 0.6) is 0 Å². The van der Waals surface area contributed by atoms with Crippen molar-refractivity contribution in [2.45, 2.75) is 12.5 Å². The van der Waals surface area contributed by atoms with Gasteiger partial charge in [0.05, 0.1) is 6.33 Å². The molecule has 1 aliphatic heterocycles. The molecule has 1 saturated heterocycles. The van der Waals surface area contributed by atoms with Gasteiger partial charge in [-0.3, -0.25) is 4.79 Å². The van der Waals surface area contributed by atoms with Gasteiger partial charge in [0.15, 0.2) is 0 Å². The molecule has 1 fully saturated rings. The minimum atomic E-state index is 0.0535. The van der Waals surface area contributed by atoms with Gasteiger partial charge in [0.25, 0.3) is 0 Å². The quantitative estimate of drug-likeness (QED) is 0.906. The predicted molar refractivity (Wildman–Crippen MR) is 85.9 cm³/mol. The molecule has 21 heavy (non-hydrogen) atoms. The van der Waals surface area contributed by atoms with Gasteiger partial charge in [0, 0.05) is 54.3 Å². The van der Waals surface area contributed by atoms with Crippen LogP contribution in [0.3, 0.4) is 0 Å². The number of amides is 1. The highest BCUT2D eigenvalue weighted by molar-refractivity contribution is 7.99. The van der Waals surface area contributed by atoms with Gasteiger partial charge >= 0.3 is 0 Å². The molecule has 0 radical (unpaired) electrons. The van der Waals surface area contributed by atoms with Gasteiger partial charge in [-0.1, -0.05) is 6.07 Å². The summed E-state index contributed by atoms with van der Waals surface area (Å²) < 4.78 is 1.91. The van der Waals surface area contributed by atoms with Crippen LogP contribution in [0.2, 0.25) is 0 Å². The molecule has 110 valence electrons. The van der Waals surface area contributed by atoms with Crippen LogP contribution in [-0.2, 0) is 4.79 Å². The number of carbonyl (C=O) groups is 1. The number of benzene rings is 1. The third-order valence-electron chi connectivity index (χ3n) is 3.36. The second-order valence-corrected chi connectivity index (χ2v) is 6.15. The first-order valence-corrected chi connectivity index (χ1v) is 8.16. The first kappa shape index (κ1) is 14.2. The first-order chi connectivity index (χ1) is 10.3. The SMILES string of the molecule is O=C(CC1CSCCN1)Nc1cccc(-n2ccnc2)c1.